The zero-order valence-electron chi connectivity index (χ0n) is 7.01. The minimum Gasteiger partial charge on any atom is -0.253 e. The predicted octanol–water partition coefficient (Wildman–Crippen LogP) is 3.34. The van der Waals surface area contributed by atoms with Gasteiger partial charge in [0.05, 0.1) is 16.7 Å². The molecule has 1 nitrogen and oxygen atoms in total. The first kappa shape index (κ1) is 8.45. The maximum absolute atomic E-state index is 13.0. The maximum atomic E-state index is 13.0. The first-order valence-corrected chi connectivity index (χ1v) is 4.26. The lowest BCUT2D eigenvalue weighted by molar-refractivity contribution is 0.624. The van der Waals surface area contributed by atoms with E-state index in [1.165, 1.54) is 0 Å². The molecule has 0 spiro atoms. The molecular weight excluding hydrogens is 189 g/mol. The molecule has 3 heteroatoms. The molecule has 66 valence electrons. The molecule has 0 radical (unpaired) electrons. The normalized spacial score (nSPS) is 10.7. The molecule has 0 amide bonds. The van der Waals surface area contributed by atoms with Crippen LogP contribution in [0.5, 0.6) is 0 Å². The topological polar surface area (TPSA) is 12.9 Å². The highest BCUT2D eigenvalue weighted by Gasteiger charge is 2.05. The number of rotatable bonds is 0. The fraction of sp³-hybridized carbons (Fsp3) is 0.100. The van der Waals surface area contributed by atoms with Gasteiger partial charge in [0.2, 0.25) is 0 Å². The van der Waals surface area contributed by atoms with Crippen molar-refractivity contribution in [2.45, 2.75) is 6.92 Å². The first-order valence-electron chi connectivity index (χ1n) is 3.89. The van der Waals surface area contributed by atoms with E-state index >= 15 is 0 Å². The number of nitrogens with zero attached hydrogens (tertiary/aromatic N) is 1. The number of aryl methyl sites for hydroxylation is 1. The van der Waals surface area contributed by atoms with Gasteiger partial charge >= 0.3 is 0 Å². The van der Waals surface area contributed by atoms with Crippen LogP contribution in [0.2, 0.25) is 5.02 Å². The van der Waals surface area contributed by atoms with Gasteiger partial charge < -0.3 is 0 Å². The van der Waals surface area contributed by atoms with E-state index < -0.39 is 5.82 Å². The van der Waals surface area contributed by atoms with Gasteiger partial charge in [-0.2, -0.15) is 0 Å². The molecule has 1 heterocycles. The number of hydrogen-bond donors (Lipinski definition) is 0. The Morgan fingerprint density at radius 1 is 1.38 bits per heavy atom. The number of fused-ring (bicyclic) bond motifs is 1. The minimum absolute atomic E-state index is 0.144. The van der Waals surface area contributed by atoms with Crippen molar-refractivity contribution in [3.63, 3.8) is 0 Å². The summed E-state index contributed by atoms with van der Waals surface area (Å²) in [4.78, 5) is 3.94. The Labute approximate surface area is 80.2 Å². The summed E-state index contributed by atoms with van der Waals surface area (Å²) in [7, 11) is 0. The molecule has 0 atom stereocenters. The van der Waals surface area contributed by atoms with E-state index in [4.69, 9.17) is 11.6 Å². The summed E-state index contributed by atoms with van der Waals surface area (Å²) in [6.07, 6.45) is 1.14. The van der Waals surface area contributed by atoms with Crippen LogP contribution in [0.1, 0.15) is 5.56 Å². The van der Waals surface area contributed by atoms with Gasteiger partial charge in [-0.15, -0.1) is 0 Å². The SMILES string of the molecule is Cc1ccc2c(Cl)c(F)cnc2c1. The van der Waals surface area contributed by atoms with Crippen molar-refractivity contribution in [1.82, 2.24) is 4.98 Å². The van der Waals surface area contributed by atoms with Crippen LogP contribution in [0.3, 0.4) is 0 Å². The lowest BCUT2D eigenvalue weighted by Gasteiger charge is -2.01. The molecule has 0 saturated heterocycles. The molecule has 0 fully saturated rings. The summed E-state index contributed by atoms with van der Waals surface area (Å²) in [5.41, 5.74) is 1.81. The van der Waals surface area contributed by atoms with Crippen molar-refractivity contribution in [1.29, 1.82) is 0 Å². The number of benzene rings is 1. The number of pyridine rings is 1. The Morgan fingerprint density at radius 2 is 2.15 bits per heavy atom. The number of aromatic nitrogens is 1. The van der Waals surface area contributed by atoms with E-state index in [0.29, 0.717) is 5.39 Å². The van der Waals surface area contributed by atoms with Crippen LogP contribution >= 0.6 is 11.6 Å². The van der Waals surface area contributed by atoms with E-state index in [2.05, 4.69) is 4.98 Å². The van der Waals surface area contributed by atoms with E-state index in [1.54, 1.807) is 6.07 Å². The van der Waals surface area contributed by atoms with Gasteiger partial charge in [0.15, 0.2) is 5.82 Å². The van der Waals surface area contributed by atoms with Gasteiger partial charge in [-0.3, -0.25) is 4.98 Å². The maximum Gasteiger partial charge on any atom is 0.160 e. The smallest absolute Gasteiger partial charge is 0.160 e. The molecular formula is C10H7ClFN. The fourth-order valence-corrected chi connectivity index (χ4v) is 1.45. The number of hydrogen-bond acceptors (Lipinski definition) is 1. The lowest BCUT2D eigenvalue weighted by atomic mass is 10.1. The highest BCUT2D eigenvalue weighted by molar-refractivity contribution is 6.35. The zero-order valence-corrected chi connectivity index (χ0v) is 7.77. The fourth-order valence-electron chi connectivity index (χ4n) is 1.25. The Morgan fingerprint density at radius 3 is 2.92 bits per heavy atom. The van der Waals surface area contributed by atoms with Crippen molar-refractivity contribution in [3.8, 4) is 0 Å². The average molecular weight is 196 g/mol. The van der Waals surface area contributed by atoms with Crippen molar-refractivity contribution in [3.05, 3.63) is 40.8 Å². The van der Waals surface area contributed by atoms with E-state index in [-0.39, 0.29) is 5.02 Å². The van der Waals surface area contributed by atoms with Crippen molar-refractivity contribution in [2.75, 3.05) is 0 Å². The van der Waals surface area contributed by atoms with Gasteiger partial charge in [0.25, 0.3) is 0 Å². The molecule has 0 unspecified atom stereocenters. The van der Waals surface area contributed by atoms with Crippen molar-refractivity contribution < 1.29 is 4.39 Å². The molecule has 2 aromatic rings. The highest BCUT2D eigenvalue weighted by Crippen LogP contribution is 2.24. The molecule has 0 aliphatic carbocycles. The summed E-state index contributed by atoms with van der Waals surface area (Å²) in [5, 5.41) is 0.803. The lowest BCUT2D eigenvalue weighted by Crippen LogP contribution is -1.85. The Balaban J connectivity index is 2.87. The molecule has 0 saturated carbocycles. The summed E-state index contributed by atoms with van der Waals surface area (Å²) < 4.78 is 13.0. The Bertz CT molecular complexity index is 468. The summed E-state index contributed by atoms with van der Waals surface area (Å²) >= 11 is 5.76. The molecule has 13 heavy (non-hydrogen) atoms. The van der Waals surface area contributed by atoms with Gasteiger partial charge in [-0.05, 0) is 18.6 Å². The van der Waals surface area contributed by atoms with Crippen LogP contribution in [0.15, 0.2) is 24.4 Å². The van der Waals surface area contributed by atoms with Crippen LogP contribution in [0.25, 0.3) is 10.9 Å². The summed E-state index contributed by atoms with van der Waals surface area (Å²) in [6, 6.07) is 5.54. The van der Waals surface area contributed by atoms with Gasteiger partial charge in [-0.1, -0.05) is 23.7 Å². The second-order valence-electron chi connectivity index (χ2n) is 2.94. The van der Waals surface area contributed by atoms with Crippen LogP contribution in [0.4, 0.5) is 4.39 Å². The molecule has 2 rings (SSSR count). The minimum atomic E-state index is -0.474. The molecule has 0 aliphatic heterocycles. The van der Waals surface area contributed by atoms with E-state index in [1.807, 2.05) is 19.1 Å². The van der Waals surface area contributed by atoms with Gasteiger partial charge in [-0.25, -0.2) is 4.39 Å². The molecule has 0 N–H and O–H groups in total. The van der Waals surface area contributed by atoms with Crippen LogP contribution in [-0.4, -0.2) is 4.98 Å². The monoisotopic (exact) mass is 195 g/mol. The second-order valence-corrected chi connectivity index (χ2v) is 3.32. The van der Waals surface area contributed by atoms with E-state index in [0.717, 1.165) is 17.3 Å². The predicted molar refractivity (Wildman–Crippen MR) is 51.4 cm³/mol. The zero-order chi connectivity index (χ0) is 9.42. The van der Waals surface area contributed by atoms with Crippen LogP contribution in [-0.2, 0) is 0 Å². The standard InChI is InChI=1S/C10H7ClFN/c1-6-2-3-7-9(4-6)13-5-8(12)10(7)11/h2-5H,1H3. The van der Waals surface area contributed by atoms with Crippen LogP contribution in [0, 0.1) is 12.7 Å². The third-order valence-electron chi connectivity index (χ3n) is 1.92. The van der Waals surface area contributed by atoms with Gasteiger partial charge in [0, 0.05) is 5.39 Å². The molecule has 1 aromatic carbocycles. The highest BCUT2D eigenvalue weighted by atomic mass is 35.5. The molecule has 0 bridgehead atoms. The summed E-state index contributed by atoms with van der Waals surface area (Å²) in [6.45, 7) is 1.96. The molecule has 0 aliphatic rings. The first-order chi connectivity index (χ1) is 6.18. The number of halogens is 2. The largest absolute Gasteiger partial charge is 0.253 e. The Kier molecular flexibility index (Phi) is 1.93. The summed E-state index contributed by atoms with van der Waals surface area (Å²) in [5.74, 6) is -0.474. The van der Waals surface area contributed by atoms with Crippen LogP contribution < -0.4 is 0 Å². The van der Waals surface area contributed by atoms with E-state index in [9.17, 15) is 4.39 Å². The Hall–Kier alpha value is -1.15. The van der Waals surface area contributed by atoms with Crippen molar-refractivity contribution >= 4 is 22.5 Å². The second kappa shape index (κ2) is 2.96. The average Bonchev–Trinajstić information content (AvgIpc) is 2.12. The molecule has 1 aromatic heterocycles. The third-order valence-corrected chi connectivity index (χ3v) is 2.30. The van der Waals surface area contributed by atoms with Crippen molar-refractivity contribution in [2.24, 2.45) is 0 Å². The van der Waals surface area contributed by atoms with Gasteiger partial charge in [0.1, 0.15) is 0 Å². The third kappa shape index (κ3) is 1.38. The quantitative estimate of drug-likeness (QED) is 0.628.